The second kappa shape index (κ2) is 52.0. The van der Waals surface area contributed by atoms with Crippen LogP contribution in [0.2, 0.25) is 0 Å². The fraction of sp³-hybridized carbons (Fsp3) is 0.807. The first kappa shape index (κ1) is 60.4. The van der Waals surface area contributed by atoms with Crippen LogP contribution in [0, 0.1) is 0 Å². The summed E-state index contributed by atoms with van der Waals surface area (Å²) in [6.45, 7) is 6.51. The maximum atomic E-state index is 12.8. The molecule has 0 bridgehead atoms. The van der Waals surface area contributed by atoms with Crippen LogP contribution < -0.4 is 0 Å². The minimum atomic E-state index is -0.778. The van der Waals surface area contributed by atoms with Gasteiger partial charge in [-0.2, -0.15) is 0 Å². The van der Waals surface area contributed by atoms with E-state index < -0.39 is 6.10 Å². The van der Waals surface area contributed by atoms with Crippen LogP contribution in [0.1, 0.15) is 278 Å². The second-order valence-electron chi connectivity index (χ2n) is 18.2. The monoisotopic (exact) mass is 883 g/mol. The standard InChI is InChI=1S/C57H102O6/c1-4-7-10-13-16-19-22-25-27-28-30-32-35-38-41-44-47-50-56(59)62-53-54(52-61-55(58)49-46-43-40-37-34-31-24-21-18-15-12-9-6-3)63-57(60)51-48-45-42-39-36-33-29-26-23-20-17-14-11-8-5-2/h8,11,14,17,20,23,25,27,54H,4-7,9-10,12-13,15-16,18-19,21-22,24,26,28-53H2,1-3H3/b11-8-,17-14-,23-20-,27-25-. The Kier molecular flexibility index (Phi) is 49.8. The number of esters is 3. The molecule has 1 atom stereocenters. The Labute approximate surface area is 390 Å². The lowest BCUT2D eigenvalue weighted by Gasteiger charge is -2.18. The molecule has 0 heterocycles. The van der Waals surface area contributed by atoms with Crippen LogP contribution in [-0.2, 0) is 28.6 Å². The van der Waals surface area contributed by atoms with Gasteiger partial charge in [-0.05, 0) is 64.2 Å². The van der Waals surface area contributed by atoms with Crippen molar-refractivity contribution < 1.29 is 28.6 Å². The molecule has 0 aromatic heterocycles. The zero-order valence-corrected chi connectivity index (χ0v) is 41.8. The van der Waals surface area contributed by atoms with Crippen LogP contribution in [0.25, 0.3) is 0 Å². The quantitative estimate of drug-likeness (QED) is 0.0199. The molecule has 0 fully saturated rings. The Balaban J connectivity index is 4.37. The second-order valence-corrected chi connectivity index (χ2v) is 18.2. The van der Waals surface area contributed by atoms with Crippen molar-refractivity contribution in [3.05, 3.63) is 48.6 Å². The van der Waals surface area contributed by atoms with E-state index in [0.717, 1.165) is 70.6 Å². The smallest absolute Gasteiger partial charge is 0.306 e. The number of hydrogen-bond acceptors (Lipinski definition) is 6. The van der Waals surface area contributed by atoms with Crippen LogP contribution in [0.5, 0.6) is 0 Å². The van der Waals surface area contributed by atoms with Gasteiger partial charge in [0.2, 0.25) is 0 Å². The van der Waals surface area contributed by atoms with Gasteiger partial charge in [-0.25, -0.2) is 0 Å². The summed E-state index contributed by atoms with van der Waals surface area (Å²) < 4.78 is 16.8. The van der Waals surface area contributed by atoms with Gasteiger partial charge in [0.25, 0.3) is 0 Å². The highest BCUT2D eigenvalue weighted by Gasteiger charge is 2.19. The van der Waals surface area contributed by atoms with Crippen LogP contribution in [-0.4, -0.2) is 37.2 Å². The number of hydrogen-bond donors (Lipinski definition) is 0. The van der Waals surface area contributed by atoms with E-state index in [1.165, 1.54) is 167 Å². The summed E-state index contributed by atoms with van der Waals surface area (Å²) in [6, 6.07) is 0. The minimum Gasteiger partial charge on any atom is -0.462 e. The fourth-order valence-corrected chi connectivity index (χ4v) is 7.79. The molecule has 6 nitrogen and oxygen atoms in total. The third-order valence-electron chi connectivity index (χ3n) is 11.9. The largest absolute Gasteiger partial charge is 0.462 e. The first-order valence-electron chi connectivity index (χ1n) is 27.2. The Morgan fingerprint density at radius 3 is 1.00 bits per heavy atom. The normalized spacial score (nSPS) is 12.4. The molecule has 0 N–H and O–H groups in total. The van der Waals surface area contributed by atoms with Crippen molar-refractivity contribution in [3.63, 3.8) is 0 Å². The zero-order chi connectivity index (χ0) is 45.8. The molecule has 63 heavy (non-hydrogen) atoms. The topological polar surface area (TPSA) is 78.9 Å². The third kappa shape index (κ3) is 50.2. The Hall–Kier alpha value is -2.63. The van der Waals surface area contributed by atoms with E-state index in [1.807, 2.05) is 0 Å². The maximum Gasteiger partial charge on any atom is 0.306 e. The zero-order valence-electron chi connectivity index (χ0n) is 41.8. The van der Waals surface area contributed by atoms with Gasteiger partial charge < -0.3 is 14.2 Å². The van der Waals surface area contributed by atoms with E-state index in [1.54, 1.807) is 0 Å². The predicted octanol–water partition coefficient (Wildman–Crippen LogP) is 17.9. The number of carbonyl (C=O) groups is 3. The van der Waals surface area contributed by atoms with Crippen molar-refractivity contribution in [2.75, 3.05) is 13.2 Å². The summed E-state index contributed by atoms with van der Waals surface area (Å²) in [4.78, 5) is 38.0. The van der Waals surface area contributed by atoms with Crippen molar-refractivity contribution in [3.8, 4) is 0 Å². The summed E-state index contributed by atoms with van der Waals surface area (Å²) in [5.41, 5.74) is 0. The van der Waals surface area contributed by atoms with Gasteiger partial charge in [-0.3, -0.25) is 14.4 Å². The van der Waals surface area contributed by atoms with Gasteiger partial charge >= 0.3 is 17.9 Å². The molecule has 0 rings (SSSR count). The first-order valence-corrected chi connectivity index (χ1v) is 27.2. The summed E-state index contributed by atoms with van der Waals surface area (Å²) in [7, 11) is 0. The molecule has 6 heteroatoms. The molecule has 0 saturated carbocycles. The number of ether oxygens (including phenoxy) is 3. The van der Waals surface area contributed by atoms with Gasteiger partial charge in [0, 0.05) is 19.3 Å². The highest BCUT2D eigenvalue weighted by atomic mass is 16.6. The summed E-state index contributed by atoms with van der Waals surface area (Å²) >= 11 is 0. The minimum absolute atomic E-state index is 0.0768. The Morgan fingerprint density at radius 2 is 0.635 bits per heavy atom. The lowest BCUT2D eigenvalue weighted by atomic mass is 10.0. The molecule has 0 aromatic rings. The molecule has 0 aliphatic carbocycles. The SMILES string of the molecule is CC\C=C/C=C\C=C/CCCCCCCCCC(=O)OC(COC(=O)CCCCCCCCC/C=C\CCCCCCCC)COC(=O)CCCCCCCCCCCCCCC. The van der Waals surface area contributed by atoms with E-state index in [-0.39, 0.29) is 31.1 Å². The molecule has 0 amide bonds. The highest BCUT2D eigenvalue weighted by Crippen LogP contribution is 2.16. The fourth-order valence-electron chi connectivity index (χ4n) is 7.79. The average Bonchev–Trinajstić information content (AvgIpc) is 3.28. The summed E-state index contributed by atoms with van der Waals surface area (Å²) in [5, 5.41) is 0. The van der Waals surface area contributed by atoms with Crippen molar-refractivity contribution in [2.24, 2.45) is 0 Å². The molecule has 0 spiro atoms. The van der Waals surface area contributed by atoms with E-state index in [0.29, 0.717) is 19.3 Å². The highest BCUT2D eigenvalue weighted by molar-refractivity contribution is 5.71. The summed E-state index contributed by atoms with van der Waals surface area (Å²) in [5.74, 6) is -0.883. The maximum absolute atomic E-state index is 12.8. The lowest BCUT2D eigenvalue weighted by molar-refractivity contribution is -0.167. The van der Waals surface area contributed by atoms with Crippen molar-refractivity contribution in [1.29, 1.82) is 0 Å². The number of carbonyl (C=O) groups excluding carboxylic acids is 3. The molecule has 366 valence electrons. The van der Waals surface area contributed by atoms with Gasteiger partial charge in [0.1, 0.15) is 13.2 Å². The molecule has 1 unspecified atom stereocenters. The van der Waals surface area contributed by atoms with Crippen LogP contribution in [0.4, 0.5) is 0 Å². The van der Waals surface area contributed by atoms with Gasteiger partial charge in [0.15, 0.2) is 6.10 Å². The molecular weight excluding hydrogens is 781 g/mol. The average molecular weight is 883 g/mol. The predicted molar refractivity (Wildman–Crippen MR) is 270 cm³/mol. The van der Waals surface area contributed by atoms with Gasteiger partial charge in [-0.1, -0.05) is 243 Å². The van der Waals surface area contributed by atoms with Gasteiger partial charge in [0.05, 0.1) is 0 Å². The van der Waals surface area contributed by atoms with Crippen molar-refractivity contribution in [2.45, 2.75) is 284 Å². The van der Waals surface area contributed by atoms with E-state index >= 15 is 0 Å². The number of unbranched alkanes of at least 4 members (excludes halogenated alkanes) is 32. The molecule has 0 aliphatic rings. The third-order valence-corrected chi connectivity index (χ3v) is 11.9. The van der Waals surface area contributed by atoms with E-state index in [2.05, 4.69) is 69.4 Å². The number of rotatable bonds is 49. The van der Waals surface area contributed by atoms with E-state index in [9.17, 15) is 14.4 Å². The first-order chi connectivity index (χ1) is 31.0. The van der Waals surface area contributed by atoms with Crippen LogP contribution in [0.15, 0.2) is 48.6 Å². The molecule has 0 aliphatic heterocycles. The molecule has 0 saturated heterocycles. The number of allylic oxidation sites excluding steroid dienone is 8. The summed E-state index contributed by atoms with van der Waals surface area (Å²) in [6.07, 6.45) is 62.3. The van der Waals surface area contributed by atoms with Gasteiger partial charge in [-0.15, -0.1) is 0 Å². The van der Waals surface area contributed by atoms with Crippen molar-refractivity contribution >= 4 is 17.9 Å². The van der Waals surface area contributed by atoms with Crippen molar-refractivity contribution in [1.82, 2.24) is 0 Å². The molecule has 0 radical (unpaired) electrons. The van der Waals surface area contributed by atoms with Crippen LogP contribution in [0.3, 0.4) is 0 Å². The lowest BCUT2D eigenvalue weighted by Crippen LogP contribution is -2.30. The molecular formula is C57H102O6. The van der Waals surface area contributed by atoms with Crippen LogP contribution >= 0.6 is 0 Å². The Morgan fingerprint density at radius 1 is 0.333 bits per heavy atom. The molecule has 0 aromatic carbocycles. The van der Waals surface area contributed by atoms with E-state index in [4.69, 9.17) is 14.2 Å². The Bertz CT molecular complexity index is 1110.